The van der Waals surface area contributed by atoms with Crippen molar-refractivity contribution in [3.8, 4) is 11.3 Å². The minimum atomic E-state index is -0.394. The molecule has 1 N–H and O–H groups in total. The standard InChI is InChI=1S/C26H28N6O4/c33-32(34)21-7-5-6-19(14-21)28-20-10-11-22-23(15-20)31(25-9-2-4-13-36-25)29-26(22)18-16-27-30(17-18)24-8-1-3-12-35-24/h5-7,10-11,14-17,24-25,28H,1-4,8-9,12-13H2. The first-order valence-corrected chi connectivity index (χ1v) is 12.5. The lowest BCUT2D eigenvalue weighted by molar-refractivity contribution is -0.384. The number of nitro groups is 1. The van der Waals surface area contributed by atoms with Gasteiger partial charge in [0, 0.05) is 53.9 Å². The molecule has 2 aliphatic heterocycles. The smallest absolute Gasteiger partial charge is 0.271 e. The van der Waals surface area contributed by atoms with E-state index in [1.165, 1.54) is 12.1 Å². The molecule has 2 unspecified atom stereocenters. The number of anilines is 2. The topological polar surface area (TPSA) is 109 Å². The molecule has 4 aromatic rings. The molecule has 2 aromatic heterocycles. The van der Waals surface area contributed by atoms with Crippen molar-refractivity contribution in [1.29, 1.82) is 0 Å². The highest BCUT2D eigenvalue weighted by Gasteiger charge is 2.24. The number of ether oxygens (including phenoxy) is 2. The molecule has 0 aliphatic carbocycles. The molecule has 0 saturated carbocycles. The SMILES string of the molecule is O=[N+]([O-])c1cccc(Nc2ccc3c(-c4cnn(C5CCCCO5)c4)nn(C4CCCCO4)c3c2)c1. The fraction of sp³-hybridized carbons (Fsp3) is 0.385. The molecule has 10 nitrogen and oxygen atoms in total. The van der Waals surface area contributed by atoms with E-state index in [9.17, 15) is 10.1 Å². The van der Waals surface area contributed by atoms with E-state index in [2.05, 4.69) is 10.4 Å². The second-order valence-corrected chi connectivity index (χ2v) is 9.31. The summed E-state index contributed by atoms with van der Waals surface area (Å²) < 4.78 is 15.9. The number of non-ortho nitro benzene ring substituents is 1. The first-order chi connectivity index (χ1) is 17.7. The van der Waals surface area contributed by atoms with Crippen LogP contribution in [0.15, 0.2) is 54.9 Å². The average molecular weight is 489 g/mol. The second kappa shape index (κ2) is 9.71. The Bertz CT molecular complexity index is 1380. The third-order valence-electron chi connectivity index (χ3n) is 6.81. The summed E-state index contributed by atoms with van der Waals surface area (Å²) in [7, 11) is 0. The molecular formula is C26H28N6O4. The molecule has 2 aliphatic rings. The van der Waals surface area contributed by atoms with Crippen molar-refractivity contribution in [2.24, 2.45) is 0 Å². The zero-order valence-corrected chi connectivity index (χ0v) is 19.9. The van der Waals surface area contributed by atoms with Gasteiger partial charge in [-0.15, -0.1) is 0 Å². The highest BCUT2D eigenvalue weighted by atomic mass is 16.6. The van der Waals surface area contributed by atoms with Crippen LogP contribution in [-0.2, 0) is 9.47 Å². The van der Waals surface area contributed by atoms with Gasteiger partial charge in [0.25, 0.3) is 5.69 Å². The molecule has 36 heavy (non-hydrogen) atoms. The van der Waals surface area contributed by atoms with Gasteiger partial charge in [0.2, 0.25) is 0 Å². The minimum Gasteiger partial charge on any atom is -0.357 e. The fourth-order valence-corrected chi connectivity index (χ4v) is 4.98. The van der Waals surface area contributed by atoms with Crippen LogP contribution < -0.4 is 5.32 Å². The van der Waals surface area contributed by atoms with Crippen LogP contribution in [0.3, 0.4) is 0 Å². The van der Waals surface area contributed by atoms with E-state index in [0.717, 1.165) is 73.0 Å². The summed E-state index contributed by atoms with van der Waals surface area (Å²) in [6.07, 6.45) is 9.91. The van der Waals surface area contributed by atoms with Crippen molar-refractivity contribution in [2.75, 3.05) is 18.5 Å². The Kier molecular flexibility index (Phi) is 6.12. The summed E-state index contributed by atoms with van der Waals surface area (Å²) in [5, 5.41) is 25.1. The zero-order valence-electron chi connectivity index (χ0n) is 19.9. The first kappa shape index (κ1) is 22.7. The lowest BCUT2D eigenvalue weighted by Crippen LogP contribution is -2.19. The molecule has 0 bridgehead atoms. The normalized spacial score (nSPS) is 20.4. The Morgan fingerprint density at radius 2 is 1.75 bits per heavy atom. The van der Waals surface area contributed by atoms with Gasteiger partial charge in [-0.3, -0.25) is 10.1 Å². The second-order valence-electron chi connectivity index (χ2n) is 9.31. The van der Waals surface area contributed by atoms with Crippen molar-refractivity contribution >= 4 is 28.0 Å². The van der Waals surface area contributed by atoms with Gasteiger partial charge in [0.1, 0.15) is 11.9 Å². The Morgan fingerprint density at radius 1 is 0.972 bits per heavy atom. The highest BCUT2D eigenvalue weighted by Crippen LogP contribution is 2.35. The van der Waals surface area contributed by atoms with E-state index >= 15 is 0 Å². The zero-order chi connectivity index (χ0) is 24.5. The predicted octanol–water partition coefficient (Wildman–Crippen LogP) is 5.95. The van der Waals surface area contributed by atoms with Gasteiger partial charge in [-0.1, -0.05) is 6.07 Å². The molecule has 2 fully saturated rings. The molecule has 2 saturated heterocycles. The Hall–Kier alpha value is -3.76. The number of nitrogens with zero attached hydrogens (tertiary/aromatic N) is 5. The molecular weight excluding hydrogens is 460 g/mol. The lowest BCUT2D eigenvalue weighted by atomic mass is 10.1. The van der Waals surface area contributed by atoms with E-state index in [4.69, 9.17) is 14.6 Å². The van der Waals surface area contributed by atoms with Gasteiger partial charge in [0.05, 0.1) is 16.6 Å². The highest BCUT2D eigenvalue weighted by molar-refractivity contribution is 5.95. The maximum atomic E-state index is 11.2. The summed E-state index contributed by atoms with van der Waals surface area (Å²) >= 11 is 0. The van der Waals surface area contributed by atoms with Crippen LogP contribution in [0.25, 0.3) is 22.2 Å². The maximum absolute atomic E-state index is 11.2. The van der Waals surface area contributed by atoms with Crippen molar-refractivity contribution in [2.45, 2.75) is 51.0 Å². The van der Waals surface area contributed by atoms with Crippen LogP contribution in [-0.4, -0.2) is 37.7 Å². The molecule has 4 heterocycles. The van der Waals surface area contributed by atoms with E-state index in [1.807, 2.05) is 46.0 Å². The summed E-state index contributed by atoms with van der Waals surface area (Å²) in [4.78, 5) is 10.8. The number of fused-ring (bicyclic) bond motifs is 1. The Labute approximate surface area is 208 Å². The van der Waals surface area contributed by atoms with E-state index in [-0.39, 0.29) is 18.1 Å². The molecule has 6 rings (SSSR count). The number of aromatic nitrogens is 4. The average Bonchev–Trinajstić information content (AvgIpc) is 3.55. The van der Waals surface area contributed by atoms with Crippen LogP contribution >= 0.6 is 0 Å². The number of nitrogens with one attached hydrogen (secondary N) is 1. The van der Waals surface area contributed by atoms with Gasteiger partial charge in [-0.05, 0) is 62.8 Å². The van der Waals surface area contributed by atoms with Gasteiger partial charge in [-0.2, -0.15) is 10.2 Å². The van der Waals surface area contributed by atoms with Crippen molar-refractivity contribution in [3.63, 3.8) is 0 Å². The minimum absolute atomic E-state index is 0.0340. The van der Waals surface area contributed by atoms with Gasteiger partial charge in [0.15, 0.2) is 6.23 Å². The van der Waals surface area contributed by atoms with E-state index in [0.29, 0.717) is 12.3 Å². The molecule has 10 heteroatoms. The van der Waals surface area contributed by atoms with Crippen LogP contribution in [0.5, 0.6) is 0 Å². The monoisotopic (exact) mass is 488 g/mol. The summed E-state index contributed by atoms with van der Waals surface area (Å²) in [5.41, 5.74) is 4.23. The number of nitro benzene ring substituents is 1. The van der Waals surface area contributed by atoms with Gasteiger partial charge >= 0.3 is 0 Å². The van der Waals surface area contributed by atoms with Crippen LogP contribution in [0, 0.1) is 10.1 Å². The molecule has 0 amide bonds. The van der Waals surface area contributed by atoms with Gasteiger partial charge < -0.3 is 14.8 Å². The quantitative estimate of drug-likeness (QED) is 0.264. The van der Waals surface area contributed by atoms with Crippen molar-refractivity contribution < 1.29 is 14.4 Å². The molecule has 186 valence electrons. The van der Waals surface area contributed by atoms with Crippen molar-refractivity contribution in [3.05, 3.63) is 65.0 Å². The summed E-state index contributed by atoms with van der Waals surface area (Å²) in [6.45, 7) is 1.47. The van der Waals surface area contributed by atoms with E-state index in [1.54, 1.807) is 6.07 Å². The maximum Gasteiger partial charge on any atom is 0.271 e. The first-order valence-electron chi connectivity index (χ1n) is 12.5. The third kappa shape index (κ3) is 4.45. The van der Waals surface area contributed by atoms with Crippen LogP contribution in [0.4, 0.5) is 17.1 Å². The largest absolute Gasteiger partial charge is 0.357 e. The number of benzene rings is 2. The molecule has 2 aromatic carbocycles. The number of rotatable bonds is 6. The van der Waals surface area contributed by atoms with Crippen LogP contribution in [0.1, 0.15) is 51.0 Å². The Morgan fingerprint density at radius 3 is 2.50 bits per heavy atom. The molecule has 2 atom stereocenters. The number of hydrogen-bond donors (Lipinski definition) is 1. The Balaban J connectivity index is 1.38. The lowest BCUT2D eigenvalue weighted by Gasteiger charge is -2.23. The van der Waals surface area contributed by atoms with Gasteiger partial charge in [-0.25, -0.2) is 9.36 Å². The van der Waals surface area contributed by atoms with Crippen molar-refractivity contribution in [1.82, 2.24) is 19.6 Å². The van der Waals surface area contributed by atoms with Crippen LogP contribution in [0.2, 0.25) is 0 Å². The predicted molar refractivity (Wildman–Crippen MR) is 135 cm³/mol. The van der Waals surface area contributed by atoms with E-state index < -0.39 is 4.92 Å². The molecule has 0 spiro atoms. The summed E-state index contributed by atoms with van der Waals surface area (Å²) in [6, 6.07) is 12.5. The third-order valence-corrected chi connectivity index (χ3v) is 6.81. The molecule has 0 radical (unpaired) electrons. The summed E-state index contributed by atoms with van der Waals surface area (Å²) in [5.74, 6) is 0. The fourth-order valence-electron chi connectivity index (χ4n) is 4.98. The number of hydrogen-bond acceptors (Lipinski definition) is 7.